The molecule has 0 unspecified atom stereocenters. The highest BCUT2D eigenvalue weighted by atomic mass is 32.2. The van der Waals surface area contributed by atoms with Crippen LogP contribution in [0.15, 0.2) is 53.7 Å². The third-order valence-corrected chi connectivity index (χ3v) is 6.09. The van der Waals surface area contributed by atoms with Crippen LogP contribution in [0.4, 0.5) is 5.69 Å². The van der Waals surface area contributed by atoms with E-state index < -0.39 is 5.25 Å². The summed E-state index contributed by atoms with van der Waals surface area (Å²) in [5.74, 6) is 1.53. The molecule has 1 amide bonds. The monoisotopic (exact) mass is 409 g/mol. The molecule has 0 bridgehead atoms. The van der Waals surface area contributed by atoms with Gasteiger partial charge in [-0.1, -0.05) is 48.5 Å². The number of ether oxygens (including phenoxy) is 1. The second-order valence-electron chi connectivity index (χ2n) is 6.86. The van der Waals surface area contributed by atoms with Crippen molar-refractivity contribution in [2.45, 2.75) is 36.7 Å². The number of benzene rings is 2. The standard InChI is InChI=1S/C21H23N5O2S/c1-4-17-23-24-21-26(17)25-18(14-7-11-16(28-3)12-8-14)19(29-21)20(27)22-15-9-5-13(2)6-10-15/h5-12,18-19,25H,4H2,1-3H3,(H,22,27)/t18-,19-/m0/s1. The van der Waals surface area contributed by atoms with Gasteiger partial charge < -0.3 is 15.5 Å². The van der Waals surface area contributed by atoms with Crippen LogP contribution in [-0.4, -0.2) is 33.1 Å². The Morgan fingerprint density at radius 1 is 1.17 bits per heavy atom. The Hall–Kier alpha value is -3.00. The van der Waals surface area contributed by atoms with Crippen LogP contribution in [0.25, 0.3) is 0 Å². The molecule has 4 rings (SSSR count). The number of amides is 1. The topological polar surface area (TPSA) is 81.1 Å². The van der Waals surface area contributed by atoms with Crippen molar-refractivity contribution in [2.24, 2.45) is 0 Å². The van der Waals surface area contributed by atoms with Crippen LogP contribution in [0.5, 0.6) is 5.75 Å². The van der Waals surface area contributed by atoms with Crippen LogP contribution >= 0.6 is 11.8 Å². The number of anilines is 1. The maximum Gasteiger partial charge on any atom is 0.240 e. The van der Waals surface area contributed by atoms with Crippen molar-refractivity contribution in [2.75, 3.05) is 17.9 Å². The fourth-order valence-corrected chi connectivity index (χ4v) is 4.34. The number of carbonyl (C=O) groups excluding carboxylic acids is 1. The van der Waals surface area contributed by atoms with Gasteiger partial charge in [0.2, 0.25) is 11.1 Å². The second kappa shape index (κ2) is 8.16. The summed E-state index contributed by atoms with van der Waals surface area (Å²) >= 11 is 1.42. The summed E-state index contributed by atoms with van der Waals surface area (Å²) in [4.78, 5) is 13.2. The molecule has 7 nitrogen and oxygen atoms in total. The van der Waals surface area contributed by atoms with Crippen LogP contribution < -0.4 is 15.5 Å². The molecule has 29 heavy (non-hydrogen) atoms. The number of methoxy groups -OCH3 is 1. The smallest absolute Gasteiger partial charge is 0.240 e. The zero-order chi connectivity index (χ0) is 20.4. The molecule has 0 saturated heterocycles. The SMILES string of the molecule is CCc1nnc2n1N[C@@H](c1ccc(OC)cc1)[C@@H](C(=O)Nc1ccc(C)cc1)S2. The summed E-state index contributed by atoms with van der Waals surface area (Å²) in [6.07, 6.45) is 0.746. The normalized spacial score (nSPS) is 17.9. The van der Waals surface area contributed by atoms with E-state index in [1.54, 1.807) is 7.11 Å². The summed E-state index contributed by atoms with van der Waals surface area (Å²) < 4.78 is 7.15. The molecule has 8 heteroatoms. The largest absolute Gasteiger partial charge is 0.497 e. The molecule has 0 saturated carbocycles. The Kier molecular flexibility index (Phi) is 5.44. The Bertz CT molecular complexity index is 1000. The fraction of sp³-hybridized carbons (Fsp3) is 0.286. The van der Waals surface area contributed by atoms with Crippen molar-refractivity contribution in [3.63, 3.8) is 0 Å². The maximum absolute atomic E-state index is 13.2. The predicted octanol–water partition coefficient (Wildman–Crippen LogP) is 3.56. The molecule has 2 aromatic carbocycles. The Labute approximate surface area is 173 Å². The molecule has 0 fully saturated rings. The Morgan fingerprint density at radius 3 is 2.55 bits per heavy atom. The summed E-state index contributed by atoms with van der Waals surface area (Å²) in [6.45, 7) is 4.05. The average molecular weight is 410 g/mol. The van der Waals surface area contributed by atoms with Crippen LogP contribution in [0, 0.1) is 6.92 Å². The van der Waals surface area contributed by atoms with E-state index in [-0.39, 0.29) is 11.9 Å². The van der Waals surface area contributed by atoms with E-state index >= 15 is 0 Å². The zero-order valence-electron chi connectivity index (χ0n) is 16.5. The molecule has 1 aromatic heterocycles. The summed E-state index contributed by atoms with van der Waals surface area (Å²) in [5.41, 5.74) is 6.36. The van der Waals surface area contributed by atoms with E-state index in [0.717, 1.165) is 34.8 Å². The lowest BCUT2D eigenvalue weighted by Gasteiger charge is -2.33. The number of hydrogen-bond acceptors (Lipinski definition) is 6. The minimum absolute atomic E-state index is 0.0838. The molecule has 2 atom stereocenters. The summed E-state index contributed by atoms with van der Waals surface area (Å²) in [6, 6.07) is 15.3. The van der Waals surface area contributed by atoms with Gasteiger partial charge in [0.05, 0.1) is 13.2 Å². The highest BCUT2D eigenvalue weighted by Crippen LogP contribution is 2.38. The van der Waals surface area contributed by atoms with Gasteiger partial charge >= 0.3 is 0 Å². The van der Waals surface area contributed by atoms with Gasteiger partial charge in [-0.05, 0) is 36.8 Å². The van der Waals surface area contributed by atoms with Gasteiger partial charge in [-0.2, -0.15) is 0 Å². The molecule has 0 aliphatic carbocycles. The molecular weight excluding hydrogens is 386 g/mol. The molecule has 150 valence electrons. The molecule has 1 aliphatic rings. The molecule has 2 heterocycles. The number of aromatic nitrogens is 3. The average Bonchev–Trinajstić information content (AvgIpc) is 3.16. The van der Waals surface area contributed by atoms with E-state index in [1.807, 2.05) is 67.1 Å². The minimum Gasteiger partial charge on any atom is -0.497 e. The van der Waals surface area contributed by atoms with Gasteiger partial charge in [-0.25, -0.2) is 4.68 Å². The maximum atomic E-state index is 13.2. The molecular formula is C21H23N5O2S. The Morgan fingerprint density at radius 2 is 1.90 bits per heavy atom. The van der Waals surface area contributed by atoms with Gasteiger partial charge in [-0.3, -0.25) is 4.79 Å². The van der Waals surface area contributed by atoms with E-state index in [0.29, 0.717) is 5.16 Å². The van der Waals surface area contributed by atoms with E-state index in [4.69, 9.17) is 4.74 Å². The summed E-state index contributed by atoms with van der Waals surface area (Å²) in [5, 5.41) is 11.8. The number of rotatable bonds is 5. The van der Waals surface area contributed by atoms with Crippen LogP contribution in [0.3, 0.4) is 0 Å². The van der Waals surface area contributed by atoms with E-state index in [2.05, 4.69) is 20.9 Å². The number of nitrogens with zero attached hydrogens (tertiary/aromatic N) is 3. The molecule has 0 spiro atoms. The van der Waals surface area contributed by atoms with Crippen molar-refractivity contribution in [3.05, 3.63) is 65.5 Å². The summed E-state index contributed by atoms with van der Waals surface area (Å²) in [7, 11) is 1.64. The predicted molar refractivity (Wildman–Crippen MR) is 114 cm³/mol. The van der Waals surface area contributed by atoms with Gasteiger partial charge in [0.1, 0.15) is 11.0 Å². The van der Waals surface area contributed by atoms with Gasteiger partial charge in [0.25, 0.3) is 0 Å². The van der Waals surface area contributed by atoms with Crippen LogP contribution in [-0.2, 0) is 11.2 Å². The van der Waals surface area contributed by atoms with E-state index in [1.165, 1.54) is 11.8 Å². The molecule has 0 radical (unpaired) electrons. The van der Waals surface area contributed by atoms with E-state index in [9.17, 15) is 4.79 Å². The Balaban J connectivity index is 1.65. The lowest BCUT2D eigenvalue weighted by molar-refractivity contribution is -0.116. The first-order chi connectivity index (χ1) is 14.1. The first-order valence-corrected chi connectivity index (χ1v) is 10.4. The number of fused-ring (bicyclic) bond motifs is 1. The molecule has 1 aliphatic heterocycles. The van der Waals surface area contributed by atoms with Gasteiger partial charge in [0.15, 0.2) is 5.82 Å². The lowest BCUT2D eigenvalue weighted by atomic mass is 10.0. The number of thioether (sulfide) groups is 1. The van der Waals surface area contributed by atoms with Crippen molar-refractivity contribution in [3.8, 4) is 5.75 Å². The second-order valence-corrected chi connectivity index (χ2v) is 7.97. The first-order valence-electron chi connectivity index (χ1n) is 9.48. The van der Waals surface area contributed by atoms with Crippen molar-refractivity contribution in [1.82, 2.24) is 14.9 Å². The van der Waals surface area contributed by atoms with Crippen LogP contribution in [0.1, 0.15) is 29.9 Å². The van der Waals surface area contributed by atoms with Crippen molar-refractivity contribution >= 4 is 23.4 Å². The molecule has 2 N–H and O–H groups in total. The number of carbonyl (C=O) groups is 1. The van der Waals surface area contributed by atoms with Gasteiger partial charge in [0, 0.05) is 12.1 Å². The molecule has 3 aromatic rings. The third kappa shape index (κ3) is 3.93. The fourth-order valence-electron chi connectivity index (χ4n) is 3.24. The lowest BCUT2D eigenvalue weighted by Crippen LogP contribution is -2.41. The quantitative estimate of drug-likeness (QED) is 0.671. The minimum atomic E-state index is -0.411. The van der Waals surface area contributed by atoms with Gasteiger partial charge in [-0.15, -0.1) is 10.2 Å². The van der Waals surface area contributed by atoms with Crippen molar-refractivity contribution < 1.29 is 9.53 Å². The highest BCUT2D eigenvalue weighted by Gasteiger charge is 2.37. The first kappa shape index (κ1) is 19.3. The number of aryl methyl sites for hydroxylation is 2. The number of nitrogens with one attached hydrogen (secondary N) is 2. The zero-order valence-corrected chi connectivity index (χ0v) is 17.4. The van der Waals surface area contributed by atoms with Crippen molar-refractivity contribution in [1.29, 1.82) is 0 Å². The van der Waals surface area contributed by atoms with Crippen LogP contribution in [0.2, 0.25) is 0 Å². The third-order valence-electron chi connectivity index (χ3n) is 4.87. The number of hydrogen-bond donors (Lipinski definition) is 2. The highest BCUT2D eigenvalue weighted by molar-refractivity contribution is 8.00.